The highest BCUT2D eigenvalue weighted by Gasteiger charge is 2.29. The van der Waals surface area contributed by atoms with Gasteiger partial charge in [0.1, 0.15) is 0 Å². The van der Waals surface area contributed by atoms with E-state index in [0.29, 0.717) is 13.1 Å². The van der Waals surface area contributed by atoms with Gasteiger partial charge in [-0.05, 0) is 42.0 Å². The van der Waals surface area contributed by atoms with Crippen LogP contribution in [0, 0.1) is 0 Å². The Balaban J connectivity index is 1.32. The number of likely N-dealkylation sites (N-methyl/N-ethyl adjacent to an activating group) is 1. The number of amides is 1. The zero-order chi connectivity index (χ0) is 22.7. The van der Waals surface area contributed by atoms with Crippen LogP contribution < -0.4 is 9.47 Å². The zero-order valence-electron chi connectivity index (χ0n) is 17.9. The molecule has 2 aromatic rings. The molecule has 0 N–H and O–H groups in total. The number of carbonyl (C=O) groups is 1. The Labute approximate surface area is 196 Å². The van der Waals surface area contributed by atoms with Gasteiger partial charge in [0, 0.05) is 43.7 Å². The first-order valence-corrected chi connectivity index (χ1v) is 12.7. The van der Waals surface area contributed by atoms with E-state index in [4.69, 9.17) is 9.47 Å². The van der Waals surface area contributed by atoms with Gasteiger partial charge in [0.05, 0.1) is 11.4 Å². The molecule has 2 aliphatic heterocycles. The Bertz CT molecular complexity index is 1070. The van der Waals surface area contributed by atoms with Gasteiger partial charge in [0.15, 0.2) is 11.5 Å². The Morgan fingerprint density at radius 1 is 1.03 bits per heavy atom. The number of carbonyl (C=O) groups excluding carboxylic acids is 1. The van der Waals surface area contributed by atoms with Crippen molar-refractivity contribution in [3.8, 4) is 11.5 Å². The number of sulfonamides is 1. The number of benzene rings is 2. The molecular weight excluding hydrogens is 498 g/mol. The zero-order valence-corrected chi connectivity index (χ0v) is 20.3. The molecule has 0 radical (unpaired) electrons. The van der Waals surface area contributed by atoms with Crippen molar-refractivity contribution in [2.75, 3.05) is 46.1 Å². The number of hydrogen-bond acceptors (Lipinski definition) is 6. The Morgan fingerprint density at radius 3 is 2.41 bits per heavy atom. The predicted molar refractivity (Wildman–Crippen MR) is 123 cm³/mol. The third-order valence-corrected chi connectivity index (χ3v) is 8.15. The summed E-state index contributed by atoms with van der Waals surface area (Å²) in [5, 5.41) is 0. The first-order valence-electron chi connectivity index (χ1n) is 10.5. The fraction of sp³-hybridized carbons (Fsp3) is 0.409. The smallest absolute Gasteiger partial charge is 0.243 e. The lowest BCUT2D eigenvalue weighted by molar-refractivity contribution is -0.133. The molecule has 1 fully saturated rings. The lowest BCUT2D eigenvalue weighted by Crippen LogP contribution is -2.51. The highest BCUT2D eigenvalue weighted by atomic mass is 79.9. The standard InChI is InChI=1S/C22H26BrN3O5S/c1-2-26(32(28,29)19-6-4-18(23)5-7-19)15-22(27)25-11-9-24(10-12-25)14-17-3-8-20-21(13-17)31-16-30-20/h3-8,13H,2,9-12,14-16H2,1H3. The molecule has 0 spiro atoms. The summed E-state index contributed by atoms with van der Waals surface area (Å²) in [5.41, 5.74) is 1.13. The SMILES string of the molecule is CCN(CC(=O)N1CCN(Cc2ccc3c(c2)OCO3)CC1)S(=O)(=O)c1ccc(Br)cc1. The third-order valence-electron chi connectivity index (χ3n) is 5.68. The maximum Gasteiger partial charge on any atom is 0.243 e. The number of rotatable bonds is 7. The molecule has 10 heteroatoms. The van der Waals surface area contributed by atoms with Gasteiger partial charge >= 0.3 is 0 Å². The normalized spacial score (nSPS) is 16.5. The summed E-state index contributed by atoms with van der Waals surface area (Å²) >= 11 is 3.31. The second-order valence-corrected chi connectivity index (χ2v) is 10.6. The van der Waals surface area contributed by atoms with Crippen molar-refractivity contribution in [2.24, 2.45) is 0 Å². The van der Waals surface area contributed by atoms with Crippen LogP contribution in [-0.4, -0.2) is 74.5 Å². The Hall–Kier alpha value is -2.14. The van der Waals surface area contributed by atoms with Crippen molar-refractivity contribution < 1.29 is 22.7 Å². The van der Waals surface area contributed by atoms with Crippen molar-refractivity contribution in [3.05, 3.63) is 52.5 Å². The molecule has 2 heterocycles. The lowest BCUT2D eigenvalue weighted by Gasteiger charge is -2.35. The third kappa shape index (κ3) is 5.09. The highest BCUT2D eigenvalue weighted by molar-refractivity contribution is 9.10. The van der Waals surface area contributed by atoms with Crippen molar-refractivity contribution >= 4 is 31.9 Å². The molecule has 0 bridgehead atoms. The van der Waals surface area contributed by atoms with E-state index < -0.39 is 10.0 Å². The van der Waals surface area contributed by atoms with Crippen molar-refractivity contribution in [3.63, 3.8) is 0 Å². The molecule has 172 valence electrons. The molecule has 2 aromatic carbocycles. The topological polar surface area (TPSA) is 79.4 Å². The number of ether oxygens (including phenoxy) is 2. The summed E-state index contributed by atoms with van der Waals surface area (Å²) in [6.45, 7) is 5.43. The predicted octanol–water partition coefficient (Wildman–Crippen LogP) is 2.53. The molecule has 0 unspecified atom stereocenters. The van der Waals surface area contributed by atoms with E-state index in [2.05, 4.69) is 20.8 Å². The minimum Gasteiger partial charge on any atom is -0.454 e. The van der Waals surface area contributed by atoms with Crippen LogP contribution in [0.1, 0.15) is 12.5 Å². The highest BCUT2D eigenvalue weighted by Crippen LogP contribution is 2.32. The summed E-state index contributed by atoms with van der Waals surface area (Å²) in [5.74, 6) is 1.36. The summed E-state index contributed by atoms with van der Waals surface area (Å²) in [6, 6.07) is 12.4. The summed E-state index contributed by atoms with van der Waals surface area (Å²) < 4.78 is 38.7. The Morgan fingerprint density at radius 2 is 1.72 bits per heavy atom. The van der Waals surface area contributed by atoms with Gasteiger partial charge in [0.2, 0.25) is 22.7 Å². The van der Waals surface area contributed by atoms with Gasteiger partial charge in [-0.2, -0.15) is 4.31 Å². The van der Waals surface area contributed by atoms with Gasteiger partial charge < -0.3 is 14.4 Å². The molecule has 32 heavy (non-hydrogen) atoms. The van der Waals surface area contributed by atoms with Gasteiger partial charge in [-0.25, -0.2) is 8.42 Å². The molecule has 2 aliphatic rings. The molecule has 8 nitrogen and oxygen atoms in total. The maximum absolute atomic E-state index is 12.9. The average molecular weight is 524 g/mol. The molecular formula is C22H26BrN3O5S. The molecule has 1 saturated heterocycles. The molecule has 0 aliphatic carbocycles. The first-order chi connectivity index (χ1) is 15.4. The lowest BCUT2D eigenvalue weighted by atomic mass is 10.1. The van der Waals surface area contributed by atoms with Crippen LogP contribution in [0.4, 0.5) is 0 Å². The van der Waals surface area contributed by atoms with Crippen molar-refractivity contribution in [1.82, 2.24) is 14.1 Å². The second kappa shape index (κ2) is 9.78. The van der Waals surface area contributed by atoms with Gasteiger partial charge in [0.25, 0.3) is 0 Å². The molecule has 0 aromatic heterocycles. The fourth-order valence-electron chi connectivity index (χ4n) is 3.83. The largest absolute Gasteiger partial charge is 0.454 e. The van der Waals surface area contributed by atoms with Crippen LogP contribution in [0.15, 0.2) is 51.8 Å². The molecule has 0 saturated carbocycles. The van der Waals surface area contributed by atoms with Crippen LogP contribution in [0.3, 0.4) is 0 Å². The van der Waals surface area contributed by atoms with Crippen LogP contribution in [-0.2, 0) is 21.4 Å². The van der Waals surface area contributed by atoms with Gasteiger partial charge in [-0.3, -0.25) is 9.69 Å². The maximum atomic E-state index is 12.9. The van der Waals surface area contributed by atoms with Crippen molar-refractivity contribution in [2.45, 2.75) is 18.4 Å². The van der Waals surface area contributed by atoms with E-state index in [1.807, 2.05) is 18.2 Å². The van der Waals surface area contributed by atoms with E-state index in [1.165, 1.54) is 4.31 Å². The number of fused-ring (bicyclic) bond motifs is 1. The number of halogens is 1. The Kier molecular flexibility index (Phi) is 7.04. The van der Waals surface area contributed by atoms with Crippen molar-refractivity contribution in [1.29, 1.82) is 0 Å². The monoisotopic (exact) mass is 523 g/mol. The van der Waals surface area contributed by atoms with E-state index in [0.717, 1.165) is 41.2 Å². The van der Waals surface area contributed by atoms with Crippen LogP contribution >= 0.6 is 15.9 Å². The van der Waals surface area contributed by atoms with Crippen LogP contribution in [0.25, 0.3) is 0 Å². The van der Waals surface area contributed by atoms with E-state index >= 15 is 0 Å². The minimum atomic E-state index is -3.73. The summed E-state index contributed by atoms with van der Waals surface area (Å²) in [6.07, 6.45) is 0. The molecule has 4 rings (SSSR count). The van der Waals surface area contributed by atoms with E-state index in [9.17, 15) is 13.2 Å². The number of hydrogen-bond donors (Lipinski definition) is 0. The molecule has 1 amide bonds. The summed E-state index contributed by atoms with van der Waals surface area (Å²) in [4.78, 5) is 17.1. The number of nitrogens with zero attached hydrogens (tertiary/aromatic N) is 3. The van der Waals surface area contributed by atoms with Crippen LogP contribution in [0.2, 0.25) is 0 Å². The number of piperazine rings is 1. The second-order valence-electron chi connectivity index (χ2n) is 7.73. The van der Waals surface area contributed by atoms with E-state index in [1.54, 1.807) is 36.1 Å². The first kappa shape index (κ1) is 23.0. The fourth-order valence-corrected chi connectivity index (χ4v) is 5.49. The van der Waals surface area contributed by atoms with Gasteiger partial charge in [-0.1, -0.05) is 28.9 Å². The summed E-state index contributed by atoms with van der Waals surface area (Å²) in [7, 11) is -3.73. The van der Waals surface area contributed by atoms with Crippen LogP contribution in [0.5, 0.6) is 11.5 Å². The average Bonchev–Trinajstić information content (AvgIpc) is 3.26. The minimum absolute atomic E-state index is 0.156. The quantitative estimate of drug-likeness (QED) is 0.554. The van der Waals surface area contributed by atoms with Gasteiger partial charge in [-0.15, -0.1) is 0 Å². The molecule has 0 atom stereocenters. The van der Waals surface area contributed by atoms with E-state index in [-0.39, 0.29) is 30.7 Å².